The molecule has 6 heteroatoms. The van der Waals surface area contributed by atoms with Gasteiger partial charge in [-0.1, -0.05) is 0 Å². The van der Waals surface area contributed by atoms with Crippen LogP contribution >= 0.6 is 0 Å². The predicted molar refractivity (Wildman–Crippen MR) is 103 cm³/mol. The molecule has 0 fully saturated rings. The molecule has 3 aromatic rings. The van der Waals surface area contributed by atoms with Gasteiger partial charge in [-0.3, -0.25) is 9.69 Å². The van der Waals surface area contributed by atoms with Gasteiger partial charge in [0.2, 0.25) is 0 Å². The number of anilines is 1. The summed E-state index contributed by atoms with van der Waals surface area (Å²) in [6, 6.07) is 13.0. The van der Waals surface area contributed by atoms with Crippen molar-refractivity contribution in [2.75, 3.05) is 32.8 Å². The van der Waals surface area contributed by atoms with Crippen LogP contribution in [0, 0.1) is 0 Å². The summed E-state index contributed by atoms with van der Waals surface area (Å²) in [5.41, 5.74) is 2.40. The molecule has 0 atom stereocenters. The van der Waals surface area contributed by atoms with Crippen LogP contribution in [0.15, 0.2) is 42.5 Å². The van der Waals surface area contributed by atoms with Crippen LogP contribution in [0.1, 0.15) is 15.9 Å². The van der Waals surface area contributed by atoms with Crippen LogP contribution in [0.25, 0.3) is 10.9 Å². The van der Waals surface area contributed by atoms with E-state index < -0.39 is 0 Å². The van der Waals surface area contributed by atoms with E-state index in [9.17, 15) is 4.79 Å². The third-order valence-electron chi connectivity index (χ3n) is 4.78. The highest BCUT2D eigenvalue weighted by Gasteiger charge is 2.28. The van der Waals surface area contributed by atoms with Gasteiger partial charge in [-0.05, 0) is 48.4 Å². The van der Waals surface area contributed by atoms with Crippen LogP contribution in [-0.2, 0) is 6.42 Å². The van der Waals surface area contributed by atoms with Gasteiger partial charge in [0, 0.05) is 23.6 Å². The molecule has 1 aliphatic rings. The zero-order valence-corrected chi connectivity index (χ0v) is 15.5. The van der Waals surface area contributed by atoms with Gasteiger partial charge in [-0.25, -0.2) is 4.98 Å². The number of methoxy groups -OCH3 is 3. The summed E-state index contributed by atoms with van der Waals surface area (Å²) in [5.74, 6) is 2.54. The van der Waals surface area contributed by atoms with Gasteiger partial charge in [0.05, 0.1) is 26.8 Å². The first-order valence-corrected chi connectivity index (χ1v) is 8.65. The summed E-state index contributed by atoms with van der Waals surface area (Å²) in [7, 11) is 4.77. The van der Waals surface area contributed by atoms with Crippen molar-refractivity contribution in [3.05, 3.63) is 53.6 Å². The lowest BCUT2D eigenvalue weighted by Crippen LogP contribution is -2.29. The molecule has 2 heterocycles. The van der Waals surface area contributed by atoms with Gasteiger partial charge in [0.25, 0.3) is 5.91 Å². The Morgan fingerprint density at radius 2 is 1.63 bits per heavy atom. The van der Waals surface area contributed by atoms with Crippen LogP contribution in [-0.4, -0.2) is 38.8 Å². The van der Waals surface area contributed by atoms with Crippen molar-refractivity contribution in [2.45, 2.75) is 6.42 Å². The van der Waals surface area contributed by atoms with Gasteiger partial charge in [0.15, 0.2) is 0 Å². The maximum Gasteiger partial charge on any atom is 0.259 e. The van der Waals surface area contributed by atoms with E-state index in [1.165, 1.54) is 0 Å². The number of nitrogens with zero attached hydrogens (tertiary/aromatic N) is 2. The van der Waals surface area contributed by atoms with Crippen molar-refractivity contribution < 1.29 is 19.0 Å². The highest BCUT2D eigenvalue weighted by molar-refractivity contribution is 6.07. The van der Waals surface area contributed by atoms with Crippen LogP contribution < -0.4 is 19.1 Å². The predicted octanol–water partition coefficient (Wildman–Crippen LogP) is 3.46. The number of fused-ring (bicyclic) bond motifs is 2. The quantitative estimate of drug-likeness (QED) is 0.709. The molecule has 1 amide bonds. The van der Waals surface area contributed by atoms with Crippen molar-refractivity contribution in [1.82, 2.24) is 4.98 Å². The number of hydrogen-bond acceptors (Lipinski definition) is 5. The number of amides is 1. The smallest absolute Gasteiger partial charge is 0.259 e. The Labute approximate surface area is 157 Å². The van der Waals surface area contributed by atoms with Crippen LogP contribution in [0.2, 0.25) is 0 Å². The minimum atomic E-state index is -0.119. The standard InChI is InChI=1S/C21H20N2O4/c1-25-16-4-5-19-14(9-16)8-13-6-7-23(20(13)22-19)21(24)15-10-17(26-2)12-18(11-15)27-3/h4-5,8-12H,6-7H2,1-3H3. The Balaban J connectivity index is 1.73. The van der Waals surface area contributed by atoms with E-state index in [-0.39, 0.29) is 5.91 Å². The van der Waals surface area contributed by atoms with Crippen LogP contribution in [0.5, 0.6) is 17.2 Å². The van der Waals surface area contributed by atoms with Gasteiger partial charge >= 0.3 is 0 Å². The highest BCUT2D eigenvalue weighted by atomic mass is 16.5. The van der Waals surface area contributed by atoms with Crippen molar-refractivity contribution in [2.24, 2.45) is 0 Å². The molecular weight excluding hydrogens is 344 g/mol. The maximum atomic E-state index is 13.1. The Kier molecular flexibility index (Phi) is 4.32. The molecule has 138 valence electrons. The van der Waals surface area contributed by atoms with Crippen molar-refractivity contribution in [1.29, 1.82) is 0 Å². The molecule has 0 saturated heterocycles. The number of pyridine rings is 1. The fourth-order valence-electron chi connectivity index (χ4n) is 3.36. The number of ether oxygens (including phenoxy) is 3. The van der Waals surface area contributed by atoms with E-state index in [0.29, 0.717) is 29.4 Å². The molecule has 1 aromatic heterocycles. The Hall–Kier alpha value is -3.28. The molecule has 4 rings (SSSR count). The molecule has 0 unspecified atom stereocenters. The van der Waals surface area contributed by atoms with Crippen LogP contribution in [0.4, 0.5) is 5.82 Å². The fourth-order valence-corrected chi connectivity index (χ4v) is 3.36. The number of carbonyl (C=O) groups is 1. The summed E-state index contributed by atoms with van der Waals surface area (Å²) >= 11 is 0. The second kappa shape index (κ2) is 6.79. The second-order valence-electron chi connectivity index (χ2n) is 6.34. The minimum Gasteiger partial charge on any atom is -0.497 e. The number of benzene rings is 2. The second-order valence-corrected chi connectivity index (χ2v) is 6.34. The third kappa shape index (κ3) is 3.03. The molecular formula is C21H20N2O4. The zero-order chi connectivity index (χ0) is 19.0. The monoisotopic (exact) mass is 364 g/mol. The Morgan fingerprint density at radius 3 is 2.30 bits per heavy atom. The lowest BCUT2D eigenvalue weighted by molar-refractivity contribution is 0.0988. The van der Waals surface area contributed by atoms with Crippen molar-refractivity contribution >= 4 is 22.6 Å². The molecule has 0 aliphatic carbocycles. The zero-order valence-electron chi connectivity index (χ0n) is 15.5. The maximum absolute atomic E-state index is 13.1. The van der Waals surface area contributed by atoms with E-state index in [1.807, 2.05) is 18.2 Å². The lowest BCUT2D eigenvalue weighted by atomic mass is 10.1. The lowest BCUT2D eigenvalue weighted by Gasteiger charge is -2.18. The van der Waals surface area contributed by atoms with Crippen molar-refractivity contribution in [3.8, 4) is 17.2 Å². The molecule has 0 N–H and O–H groups in total. The largest absolute Gasteiger partial charge is 0.497 e. The average molecular weight is 364 g/mol. The Morgan fingerprint density at radius 1 is 0.926 bits per heavy atom. The molecule has 1 aliphatic heterocycles. The number of aromatic nitrogens is 1. The first-order valence-electron chi connectivity index (χ1n) is 8.65. The van der Waals surface area contributed by atoms with Gasteiger partial charge in [-0.15, -0.1) is 0 Å². The van der Waals surface area contributed by atoms with Gasteiger partial charge < -0.3 is 14.2 Å². The third-order valence-corrected chi connectivity index (χ3v) is 4.78. The minimum absolute atomic E-state index is 0.119. The summed E-state index contributed by atoms with van der Waals surface area (Å²) in [6.45, 7) is 0.591. The molecule has 0 saturated carbocycles. The highest BCUT2D eigenvalue weighted by Crippen LogP contribution is 2.33. The summed E-state index contributed by atoms with van der Waals surface area (Å²) < 4.78 is 15.8. The average Bonchev–Trinajstić information content (AvgIpc) is 3.13. The first-order chi connectivity index (χ1) is 13.1. The molecule has 27 heavy (non-hydrogen) atoms. The van der Waals surface area contributed by atoms with E-state index in [4.69, 9.17) is 19.2 Å². The van der Waals surface area contributed by atoms with Crippen LogP contribution in [0.3, 0.4) is 0 Å². The Bertz CT molecular complexity index is 1010. The van der Waals surface area contributed by atoms with E-state index in [1.54, 1.807) is 44.4 Å². The fraction of sp³-hybridized carbons (Fsp3) is 0.238. The summed E-state index contributed by atoms with van der Waals surface area (Å²) in [5, 5.41) is 1.01. The van der Waals surface area contributed by atoms with Gasteiger partial charge in [0.1, 0.15) is 23.1 Å². The number of hydrogen-bond donors (Lipinski definition) is 0. The topological polar surface area (TPSA) is 60.9 Å². The molecule has 2 aromatic carbocycles. The molecule has 0 radical (unpaired) electrons. The summed E-state index contributed by atoms with van der Waals surface area (Å²) in [4.78, 5) is 19.6. The molecule has 6 nitrogen and oxygen atoms in total. The number of carbonyl (C=O) groups excluding carboxylic acids is 1. The van der Waals surface area contributed by atoms with E-state index in [0.717, 1.165) is 28.6 Å². The number of rotatable bonds is 4. The first kappa shape index (κ1) is 17.1. The van der Waals surface area contributed by atoms with Gasteiger partial charge in [-0.2, -0.15) is 0 Å². The van der Waals surface area contributed by atoms with E-state index >= 15 is 0 Å². The normalized spacial score (nSPS) is 12.8. The molecule has 0 bridgehead atoms. The molecule has 0 spiro atoms. The van der Waals surface area contributed by atoms with E-state index in [2.05, 4.69) is 6.07 Å². The SMILES string of the molecule is COc1cc(OC)cc(C(=O)N2CCc3cc4cc(OC)ccc4nc32)c1. The van der Waals surface area contributed by atoms with Crippen molar-refractivity contribution in [3.63, 3.8) is 0 Å². The summed E-state index contributed by atoms with van der Waals surface area (Å²) in [6.07, 6.45) is 0.766.